The first-order valence-corrected chi connectivity index (χ1v) is 6.69. The van der Waals surface area contributed by atoms with Crippen molar-refractivity contribution >= 4 is 79.4 Å². The van der Waals surface area contributed by atoms with E-state index >= 15 is 0 Å². The molecule has 0 heterocycles. The summed E-state index contributed by atoms with van der Waals surface area (Å²) in [6.07, 6.45) is 0. The molecular formula is C7H4ClI3. The van der Waals surface area contributed by atoms with Gasteiger partial charge in [-0.15, -0.1) is 11.6 Å². The van der Waals surface area contributed by atoms with Crippen LogP contribution in [0.4, 0.5) is 0 Å². The van der Waals surface area contributed by atoms with E-state index in [1.165, 1.54) is 12.7 Å². The van der Waals surface area contributed by atoms with Crippen LogP contribution in [0.15, 0.2) is 18.2 Å². The monoisotopic (exact) mass is 504 g/mol. The lowest BCUT2D eigenvalue weighted by Gasteiger charge is -2.05. The van der Waals surface area contributed by atoms with Gasteiger partial charge in [-0.3, -0.25) is 0 Å². The molecule has 0 radical (unpaired) electrons. The Labute approximate surface area is 112 Å². The van der Waals surface area contributed by atoms with Crippen LogP contribution in [0.25, 0.3) is 0 Å². The smallest absolute Gasteiger partial charge is 0.106 e. The van der Waals surface area contributed by atoms with Crippen molar-refractivity contribution in [1.29, 1.82) is 0 Å². The Morgan fingerprint density at radius 1 is 1.27 bits per heavy atom. The summed E-state index contributed by atoms with van der Waals surface area (Å²) in [5, 5.41) is 0. The maximum atomic E-state index is 5.96. The van der Waals surface area contributed by atoms with Crippen LogP contribution in [0, 0.1) is 7.14 Å². The van der Waals surface area contributed by atoms with E-state index in [4.69, 9.17) is 11.6 Å². The van der Waals surface area contributed by atoms with Crippen molar-refractivity contribution in [2.45, 2.75) is 3.38 Å². The third-order valence-corrected chi connectivity index (χ3v) is 5.26. The van der Waals surface area contributed by atoms with E-state index in [0.29, 0.717) is 0 Å². The summed E-state index contributed by atoms with van der Waals surface area (Å²) in [5.74, 6) is 0. The Morgan fingerprint density at radius 2 is 1.91 bits per heavy atom. The highest BCUT2D eigenvalue weighted by molar-refractivity contribution is 14.1. The predicted octanol–water partition coefficient (Wildman–Crippen LogP) is 4.57. The fourth-order valence-electron chi connectivity index (χ4n) is 0.689. The van der Waals surface area contributed by atoms with Crippen molar-refractivity contribution in [1.82, 2.24) is 0 Å². The van der Waals surface area contributed by atoms with Crippen molar-refractivity contribution in [3.63, 3.8) is 0 Å². The summed E-state index contributed by atoms with van der Waals surface area (Å²) in [6.45, 7) is 0. The summed E-state index contributed by atoms with van der Waals surface area (Å²) >= 11 is 12.8. The molecule has 0 amide bonds. The lowest BCUT2D eigenvalue weighted by Crippen LogP contribution is -1.88. The van der Waals surface area contributed by atoms with Gasteiger partial charge in [0.2, 0.25) is 0 Å². The lowest BCUT2D eigenvalue weighted by atomic mass is 10.2. The molecule has 0 saturated carbocycles. The first-order chi connectivity index (χ1) is 5.13. The Kier molecular flexibility index (Phi) is 4.71. The Morgan fingerprint density at radius 3 is 2.36 bits per heavy atom. The molecule has 4 heteroatoms. The fourth-order valence-corrected chi connectivity index (χ4v) is 3.36. The topological polar surface area (TPSA) is 0 Å². The second-order valence-corrected chi connectivity index (χ2v) is 6.60. The van der Waals surface area contributed by atoms with E-state index in [-0.39, 0.29) is 3.38 Å². The minimum Gasteiger partial charge on any atom is -0.106 e. The van der Waals surface area contributed by atoms with Gasteiger partial charge in [-0.05, 0) is 56.8 Å². The molecule has 0 nitrogen and oxygen atoms in total. The molecule has 0 aliphatic rings. The van der Waals surface area contributed by atoms with Gasteiger partial charge in [0.05, 0.1) is 0 Å². The number of rotatable bonds is 1. The second-order valence-electron chi connectivity index (χ2n) is 1.94. The zero-order valence-corrected chi connectivity index (χ0v) is 12.5. The summed E-state index contributed by atoms with van der Waals surface area (Å²) in [7, 11) is 0. The molecule has 1 unspecified atom stereocenters. The van der Waals surface area contributed by atoms with Gasteiger partial charge in [0, 0.05) is 7.14 Å². The molecule has 0 N–H and O–H groups in total. The van der Waals surface area contributed by atoms with Crippen molar-refractivity contribution < 1.29 is 0 Å². The molecule has 0 fully saturated rings. The van der Waals surface area contributed by atoms with Gasteiger partial charge in [-0.2, -0.15) is 0 Å². The molecule has 60 valence electrons. The maximum Gasteiger partial charge on any atom is 0.111 e. The quantitative estimate of drug-likeness (QED) is 0.389. The van der Waals surface area contributed by atoms with Crippen molar-refractivity contribution in [3.05, 3.63) is 30.9 Å². The molecule has 1 aromatic rings. The van der Waals surface area contributed by atoms with Gasteiger partial charge in [0.15, 0.2) is 0 Å². The van der Waals surface area contributed by atoms with Gasteiger partial charge in [0.1, 0.15) is 3.38 Å². The van der Waals surface area contributed by atoms with E-state index in [9.17, 15) is 0 Å². The lowest BCUT2D eigenvalue weighted by molar-refractivity contribution is 1.35. The first-order valence-electron chi connectivity index (χ1n) is 2.85. The number of benzene rings is 1. The van der Waals surface area contributed by atoms with Gasteiger partial charge in [-0.25, -0.2) is 0 Å². The zero-order chi connectivity index (χ0) is 8.43. The number of halogens is 4. The molecule has 1 atom stereocenters. The minimum atomic E-state index is 0.0780. The van der Waals surface area contributed by atoms with E-state index in [1.54, 1.807) is 0 Å². The average Bonchev–Trinajstić information content (AvgIpc) is 1.94. The van der Waals surface area contributed by atoms with E-state index in [1.807, 2.05) is 6.07 Å². The normalized spacial score (nSPS) is 13.1. The standard InChI is InChI=1S/C7H4ClI3/c8-7(11)4-2-1-3-5(9)6(4)10/h1-3,7H. The second kappa shape index (κ2) is 4.80. The summed E-state index contributed by atoms with van der Waals surface area (Å²) in [6, 6.07) is 6.18. The molecule has 1 rings (SSSR count). The van der Waals surface area contributed by atoms with Crippen LogP contribution >= 0.6 is 79.4 Å². The third-order valence-electron chi connectivity index (χ3n) is 1.22. The van der Waals surface area contributed by atoms with Gasteiger partial charge in [-0.1, -0.05) is 34.7 Å². The van der Waals surface area contributed by atoms with Crippen LogP contribution in [-0.4, -0.2) is 0 Å². The summed E-state index contributed by atoms with van der Waals surface area (Å²) in [4.78, 5) is 0. The van der Waals surface area contributed by atoms with Gasteiger partial charge in [0.25, 0.3) is 0 Å². The Balaban J connectivity index is 3.17. The highest BCUT2D eigenvalue weighted by Crippen LogP contribution is 2.32. The highest BCUT2D eigenvalue weighted by Gasteiger charge is 2.08. The van der Waals surface area contributed by atoms with Crippen LogP contribution in [0.2, 0.25) is 0 Å². The molecular weight excluding hydrogens is 500 g/mol. The molecule has 0 spiro atoms. The SMILES string of the molecule is ClC(I)c1cccc(I)c1I. The Bertz CT molecular complexity index is 260. The molecule has 0 bridgehead atoms. The number of alkyl halides is 2. The molecule has 0 aromatic heterocycles. The summed E-state index contributed by atoms with van der Waals surface area (Å²) < 4.78 is 2.61. The van der Waals surface area contributed by atoms with Gasteiger partial charge >= 0.3 is 0 Å². The number of hydrogen-bond donors (Lipinski definition) is 0. The molecule has 0 aliphatic heterocycles. The molecule has 0 aliphatic carbocycles. The summed E-state index contributed by atoms with van der Waals surface area (Å²) in [5.41, 5.74) is 1.21. The fraction of sp³-hybridized carbons (Fsp3) is 0.143. The average molecular weight is 504 g/mol. The first kappa shape index (κ1) is 10.8. The number of hydrogen-bond acceptors (Lipinski definition) is 0. The van der Waals surface area contributed by atoms with E-state index in [0.717, 1.165) is 0 Å². The minimum absolute atomic E-state index is 0.0780. The molecule has 11 heavy (non-hydrogen) atoms. The van der Waals surface area contributed by atoms with Crippen LogP contribution in [-0.2, 0) is 0 Å². The Hall–Kier alpha value is 1.70. The van der Waals surface area contributed by atoms with E-state index < -0.39 is 0 Å². The largest absolute Gasteiger partial charge is 0.111 e. The van der Waals surface area contributed by atoms with Crippen molar-refractivity contribution in [2.24, 2.45) is 0 Å². The predicted molar refractivity (Wildman–Crippen MR) is 74.5 cm³/mol. The van der Waals surface area contributed by atoms with Gasteiger partial charge < -0.3 is 0 Å². The van der Waals surface area contributed by atoms with Crippen molar-refractivity contribution in [3.8, 4) is 0 Å². The van der Waals surface area contributed by atoms with Crippen molar-refractivity contribution in [2.75, 3.05) is 0 Å². The molecule has 1 aromatic carbocycles. The highest BCUT2D eigenvalue weighted by atomic mass is 127. The van der Waals surface area contributed by atoms with Crippen LogP contribution in [0.1, 0.15) is 8.95 Å². The molecule has 0 saturated heterocycles. The maximum absolute atomic E-state index is 5.96. The third kappa shape index (κ3) is 2.84. The zero-order valence-electron chi connectivity index (χ0n) is 5.32. The van der Waals surface area contributed by atoms with E-state index in [2.05, 4.69) is 79.9 Å². The van der Waals surface area contributed by atoms with Crippen LogP contribution in [0.3, 0.4) is 0 Å². The van der Waals surface area contributed by atoms with Crippen LogP contribution in [0.5, 0.6) is 0 Å². The van der Waals surface area contributed by atoms with Crippen LogP contribution < -0.4 is 0 Å².